The van der Waals surface area contributed by atoms with Gasteiger partial charge in [-0.1, -0.05) is 13.3 Å². The minimum atomic E-state index is -3.95. The maximum Gasteiger partial charge on any atom is 0.280 e. The molecule has 0 aliphatic carbocycles. The summed E-state index contributed by atoms with van der Waals surface area (Å²) in [5.74, 6) is 1.74. The van der Waals surface area contributed by atoms with Gasteiger partial charge in [0.25, 0.3) is 10.0 Å². The van der Waals surface area contributed by atoms with Gasteiger partial charge in [-0.25, -0.2) is 0 Å². The molecule has 0 saturated heterocycles. The van der Waals surface area contributed by atoms with Crippen molar-refractivity contribution in [3.05, 3.63) is 42.0 Å². The summed E-state index contributed by atoms with van der Waals surface area (Å²) in [7, 11) is 0.430. The lowest BCUT2D eigenvalue weighted by Crippen LogP contribution is -2.19. The molecule has 0 unspecified atom stereocenters. The van der Waals surface area contributed by atoms with Crippen molar-refractivity contribution < 1.29 is 27.4 Å². The normalized spacial score (nSPS) is 11.3. The number of nitrogens with zero attached hydrogens (tertiary/aromatic N) is 1. The summed E-state index contributed by atoms with van der Waals surface area (Å²) in [6, 6.07) is 9.72. The largest absolute Gasteiger partial charge is 0.497 e. The number of hydrogen-bond donors (Lipinski definition) is 1. The Morgan fingerprint density at radius 3 is 2.34 bits per heavy atom. The molecular formula is C20H26N2O6S. The molecule has 8 nitrogen and oxygen atoms in total. The van der Waals surface area contributed by atoms with Gasteiger partial charge < -0.3 is 18.9 Å². The summed E-state index contributed by atoms with van der Waals surface area (Å²) in [6.45, 7) is 2.69. The highest BCUT2D eigenvalue weighted by Gasteiger charge is 2.20. The minimum Gasteiger partial charge on any atom is -0.497 e. The van der Waals surface area contributed by atoms with E-state index in [4.69, 9.17) is 18.9 Å². The maximum absolute atomic E-state index is 12.6. The van der Waals surface area contributed by atoms with Gasteiger partial charge in [0.2, 0.25) is 0 Å². The summed E-state index contributed by atoms with van der Waals surface area (Å²) >= 11 is 0. The second kappa shape index (κ2) is 10.6. The fraction of sp³-hybridized carbons (Fsp3) is 0.350. The van der Waals surface area contributed by atoms with E-state index in [1.165, 1.54) is 32.6 Å². The van der Waals surface area contributed by atoms with Gasteiger partial charge >= 0.3 is 0 Å². The monoisotopic (exact) mass is 422 g/mol. The molecule has 0 heterocycles. The maximum atomic E-state index is 12.6. The van der Waals surface area contributed by atoms with Gasteiger partial charge in [0.1, 0.15) is 16.4 Å². The molecule has 9 heteroatoms. The second-order valence-corrected chi connectivity index (χ2v) is 7.61. The molecule has 158 valence electrons. The number of ether oxygens (including phenoxy) is 4. The molecule has 0 amide bonds. The van der Waals surface area contributed by atoms with Crippen LogP contribution in [0.3, 0.4) is 0 Å². The topological polar surface area (TPSA) is 95.5 Å². The number of rotatable bonds is 11. The first-order valence-electron chi connectivity index (χ1n) is 9.03. The Balaban J connectivity index is 2.16. The van der Waals surface area contributed by atoms with E-state index in [1.54, 1.807) is 31.4 Å². The van der Waals surface area contributed by atoms with Gasteiger partial charge in [0.15, 0.2) is 11.5 Å². The van der Waals surface area contributed by atoms with E-state index < -0.39 is 10.0 Å². The molecule has 0 spiro atoms. The number of benzene rings is 2. The van der Waals surface area contributed by atoms with Gasteiger partial charge in [-0.2, -0.15) is 18.4 Å². The average Bonchev–Trinajstić information content (AvgIpc) is 2.74. The van der Waals surface area contributed by atoms with Crippen molar-refractivity contribution in [2.24, 2.45) is 5.10 Å². The quantitative estimate of drug-likeness (QED) is 0.339. The predicted molar refractivity (Wildman–Crippen MR) is 111 cm³/mol. The van der Waals surface area contributed by atoms with Crippen LogP contribution in [-0.2, 0) is 10.0 Å². The molecule has 0 saturated carbocycles. The fourth-order valence-electron chi connectivity index (χ4n) is 2.42. The molecule has 0 aliphatic rings. The van der Waals surface area contributed by atoms with Gasteiger partial charge in [-0.3, -0.25) is 0 Å². The minimum absolute atomic E-state index is 0.0752. The Bertz CT molecular complexity index is 944. The molecule has 0 aromatic heterocycles. The van der Waals surface area contributed by atoms with Crippen molar-refractivity contribution in [2.45, 2.75) is 24.7 Å². The zero-order valence-electron chi connectivity index (χ0n) is 17.0. The van der Waals surface area contributed by atoms with E-state index >= 15 is 0 Å². The van der Waals surface area contributed by atoms with Crippen molar-refractivity contribution >= 4 is 16.2 Å². The molecule has 2 aromatic rings. The van der Waals surface area contributed by atoms with Gasteiger partial charge in [-0.15, -0.1) is 0 Å². The molecule has 2 rings (SSSR count). The van der Waals surface area contributed by atoms with Crippen molar-refractivity contribution in [2.75, 3.05) is 27.9 Å². The molecule has 2 aromatic carbocycles. The first-order chi connectivity index (χ1) is 13.9. The van der Waals surface area contributed by atoms with Crippen LogP contribution in [0.2, 0.25) is 0 Å². The van der Waals surface area contributed by atoms with Crippen LogP contribution in [-0.4, -0.2) is 42.6 Å². The zero-order valence-corrected chi connectivity index (χ0v) is 17.8. The highest BCUT2D eigenvalue weighted by Crippen LogP contribution is 2.29. The third kappa shape index (κ3) is 6.02. The van der Waals surface area contributed by atoms with E-state index in [0.29, 0.717) is 29.4 Å². The van der Waals surface area contributed by atoms with Gasteiger partial charge in [0.05, 0.1) is 34.2 Å². The number of sulfonamides is 1. The van der Waals surface area contributed by atoms with E-state index in [9.17, 15) is 8.42 Å². The van der Waals surface area contributed by atoms with Crippen LogP contribution < -0.4 is 23.8 Å². The molecule has 0 fully saturated rings. The number of methoxy groups -OCH3 is 3. The Kier molecular flexibility index (Phi) is 8.14. The molecule has 0 bridgehead atoms. The number of hydrogen-bond acceptors (Lipinski definition) is 7. The Labute approximate surface area is 171 Å². The highest BCUT2D eigenvalue weighted by atomic mass is 32.2. The molecular weight excluding hydrogens is 396 g/mol. The highest BCUT2D eigenvalue weighted by molar-refractivity contribution is 7.89. The standard InChI is InChI=1S/C20H26N2O6S/c1-5-6-11-28-17-9-7-15(12-19(17)27-4)14-21-22-29(23,24)20-13-16(25-2)8-10-18(20)26-3/h7-10,12-14,22H,5-6,11H2,1-4H3. The van der Waals surface area contributed by atoms with Crippen LogP contribution in [0.5, 0.6) is 23.0 Å². The van der Waals surface area contributed by atoms with E-state index in [0.717, 1.165) is 12.8 Å². The van der Waals surface area contributed by atoms with Crippen LogP contribution in [0.15, 0.2) is 46.4 Å². The summed E-state index contributed by atoms with van der Waals surface area (Å²) in [4.78, 5) is 2.10. The first-order valence-corrected chi connectivity index (χ1v) is 10.5. The summed E-state index contributed by atoms with van der Waals surface area (Å²) in [5, 5.41) is 3.85. The van der Waals surface area contributed by atoms with Gasteiger partial charge in [0, 0.05) is 6.07 Å². The third-order valence-corrected chi connectivity index (χ3v) is 5.23. The summed E-state index contributed by atoms with van der Waals surface area (Å²) in [6.07, 6.45) is 3.36. The van der Waals surface area contributed by atoms with Crippen molar-refractivity contribution in [3.8, 4) is 23.0 Å². The molecule has 0 atom stereocenters. The molecule has 1 N–H and O–H groups in total. The Hall–Kier alpha value is -2.94. The van der Waals surface area contributed by atoms with E-state index in [1.807, 2.05) is 0 Å². The summed E-state index contributed by atoms with van der Waals surface area (Å²) in [5.41, 5.74) is 0.644. The lowest BCUT2D eigenvalue weighted by Gasteiger charge is -2.11. The number of hydrazone groups is 1. The SMILES string of the molecule is CCCCOc1ccc(C=NNS(=O)(=O)c2cc(OC)ccc2OC)cc1OC. The van der Waals surface area contributed by atoms with E-state index in [-0.39, 0.29) is 10.6 Å². The first kappa shape index (κ1) is 22.4. The fourth-order valence-corrected chi connectivity index (χ4v) is 3.40. The zero-order chi connectivity index (χ0) is 21.3. The molecule has 0 aliphatic heterocycles. The van der Waals surface area contributed by atoms with Crippen molar-refractivity contribution in [3.63, 3.8) is 0 Å². The Morgan fingerprint density at radius 1 is 0.966 bits per heavy atom. The lowest BCUT2D eigenvalue weighted by molar-refractivity contribution is 0.288. The molecule has 0 radical (unpaired) electrons. The Morgan fingerprint density at radius 2 is 1.69 bits per heavy atom. The predicted octanol–water partition coefficient (Wildman–Crippen LogP) is 3.20. The van der Waals surface area contributed by atoms with Gasteiger partial charge in [-0.05, 0) is 42.3 Å². The van der Waals surface area contributed by atoms with Crippen molar-refractivity contribution in [1.82, 2.24) is 4.83 Å². The summed E-state index contributed by atoms with van der Waals surface area (Å²) < 4.78 is 46.4. The van der Waals surface area contributed by atoms with Crippen LogP contribution in [0, 0.1) is 0 Å². The lowest BCUT2D eigenvalue weighted by atomic mass is 10.2. The third-order valence-electron chi connectivity index (χ3n) is 3.99. The number of unbranched alkanes of at least 4 members (excludes halogenated alkanes) is 1. The van der Waals surface area contributed by atoms with Crippen LogP contribution >= 0.6 is 0 Å². The van der Waals surface area contributed by atoms with Crippen molar-refractivity contribution in [1.29, 1.82) is 0 Å². The number of nitrogens with one attached hydrogen (secondary N) is 1. The molecule has 29 heavy (non-hydrogen) atoms. The van der Waals surface area contributed by atoms with Crippen LogP contribution in [0.1, 0.15) is 25.3 Å². The average molecular weight is 423 g/mol. The van der Waals surface area contributed by atoms with Crippen LogP contribution in [0.4, 0.5) is 0 Å². The van der Waals surface area contributed by atoms with Crippen LogP contribution in [0.25, 0.3) is 0 Å². The second-order valence-electron chi connectivity index (χ2n) is 5.98. The smallest absolute Gasteiger partial charge is 0.280 e. The van der Waals surface area contributed by atoms with E-state index in [2.05, 4.69) is 16.9 Å².